The average Bonchev–Trinajstić information content (AvgIpc) is 3.27. The van der Waals surface area contributed by atoms with Gasteiger partial charge in [-0.1, -0.05) is 42.0 Å². The Kier molecular flexibility index (Phi) is 6.45. The molecule has 2 N–H and O–H groups in total. The molecule has 1 aliphatic rings. The Hall–Kier alpha value is -2.70. The summed E-state index contributed by atoms with van der Waals surface area (Å²) in [6, 6.07) is 18.2. The van der Waals surface area contributed by atoms with Gasteiger partial charge in [0.1, 0.15) is 0 Å². The summed E-state index contributed by atoms with van der Waals surface area (Å²) in [6.45, 7) is 4.63. The molecule has 0 saturated carbocycles. The minimum Gasteiger partial charge on any atom is -0.376 e. The molecular weight excluding hydrogens is 394 g/mol. The lowest BCUT2D eigenvalue weighted by atomic mass is 10.1. The van der Waals surface area contributed by atoms with Gasteiger partial charge in [-0.15, -0.1) is 0 Å². The van der Waals surface area contributed by atoms with Crippen molar-refractivity contribution in [2.24, 2.45) is 0 Å². The second kappa shape index (κ2) is 9.41. The van der Waals surface area contributed by atoms with E-state index >= 15 is 0 Å². The van der Waals surface area contributed by atoms with Crippen LogP contribution in [0, 0.1) is 6.92 Å². The molecule has 2 aromatic carbocycles. The van der Waals surface area contributed by atoms with E-state index in [9.17, 15) is 4.79 Å². The highest BCUT2D eigenvalue weighted by Crippen LogP contribution is 2.16. The van der Waals surface area contributed by atoms with Crippen LogP contribution in [0.5, 0.6) is 0 Å². The van der Waals surface area contributed by atoms with Gasteiger partial charge in [0.15, 0.2) is 5.11 Å². The van der Waals surface area contributed by atoms with Gasteiger partial charge in [-0.25, -0.2) is 0 Å². The van der Waals surface area contributed by atoms with Crippen LogP contribution in [0.1, 0.15) is 29.5 Å². The monoisotopic (exact) mass is 421 g/mol. The number of ether oxygens (including phenoxy) is 1. The van der Waals surface area contributed by atoms with Gasteiger partial charge in [-0.05, 0) is 61.1 Å². The number of nitrogens with one attached hydrogen (secondary N) is 2. The molecule has 0 radical (unpaired) electrons. The number of pyridine rings is 1. The number of nitrogens with zero attached hydrogens (tertiary/aromatic N) is 1. The van der Waals surface area contributed by atoms with Crippen molar-refractivity contribution >= 4 is 28.2 Å². The van der Waals surface area contributed by atoms with Gasteiger partial charge in [0.25, 0.3) is 5.56 Å². The maximum absolute atomic E-state index is 12.7. The smallest absolute Gasteiger partial charge is 0.253 e. The Labute approximate surface area is 182 Å². The van der Waals surface area contributed by atoms with Crippen molar-refractivity contribution in [3.63, 3.8) is 0 Å². The zero-order valence-electron chi connectivity index (χ0n) is 17.2. The van der Waals surface area contributed by atoms with E-state index in [4.69, 9.17) is 17.0 Å². The molecule has 0 amide bonds. The third kappa shape index (κ3) is 5.07. The summed E-state index contributed by atoms with van der Waals surface area (Å²) < 4.78 is 5.70. The Balaban J connectivity index is 1.56. The van der Waals surface area contributed by atoms with Crippen molar-refractivity contribution in [2.45, 2.75) is 39.0 Å². The number of thiocarbonyl (C=S) groups is 1. The summed E-state index contributed by atoms with van der Waals surface area (Å²) in [5.74, 6) is 0. The first kappa shape index (κ1) is 20.6. The number of rotatable bonds is 6. The molecule has 156 valence electrons. The second-order valence-corrected chi connectivity index (χ2v) is 8.26. The quantitative estimate of drug-likeness (QED) is 0.592. The van der Waals surface area contributed by atoms with Gasteiger partial charge >= 0.3 is 0 Å². The number of hydrogen-bond donors (Lipinski definition) is 2. The summed E-state index contributed by atoms with van der Waals surface area (Å²) >= 11 is 5.72. The number of H-pyrrole nitrogens is 1. The zero-order chi connectivity index (χ0) is 20.9. The summed E-state index contributed by atoms with van der Waals surface area (Å²) in [5, 5.41) is 5.02. The van der Waals surface area contributed by atoms with Gasteiger partial charge in [0.05, 0.1) is 12.6 Å². The largest absolute Gasteiger partial charge is 0.376 e. The van der Waals surface area contributed by atoms with E-state index in [-0.39, 0.29) is 11.7 Å². The first-order valence-electron chi connectivity index (χ1n) is 10.4. The molecule has 0 spiro atoms. The molecule has 4 rings (SSSR count). The fourth-order valence-electron chi connectivity index (χ4n) is 3.82. The molecule has 0 bridgehead atoms. The van der Waals surface area contributed by atoms with E-state index in [2.05, 4.69) is 35.4 Å². The zero-order valence-corrected chi connectivity index (χ0v) is 18.0. The van der Waals surface area contributed by atoms with Crippen LogP contribution in [0.2, 0.25) is 0 Å². The normalized spacial score (nSPS) is 16.0. The summed E-state index contributed by atoms with van der Waals surface area (Å²) in [7, 11) is 0. The highest BCUT2D eigenvalue weighted by molar-refractivity contribution is 7.80. The lowest BCUT2D eigenvalue weighted by molar-refractivity contribution is 0.113. The molecule has 1 saturated heterocycles. The van der Waals surface area contributed by atoms with Crippen LogP contribution in [0.3, 0.4) is 0 Å². The van der Waals surface area contributed by atoms with Crippen LogP contribution in [-0.4, -0.2) is 34.3 Å². The Morgan fingerprint density at radius 3 is 2.80 bits per heavy atom. The molecule has 3 aromatic rings. The fraction of sp³-hybridized carbons (Fsp3) is 0.333. The number of aryl methyl sites for hydroxylation is 1. The minimum absolute atomic E-state index is 0.0775. The highest BCUT2D eigenvalue weighted by Gasteiger charge is 2.18. The third-order valence-electron chi connectivity index (χ3n) is 5.45. The van der Waals surface area contributed by atoms with Gasteiger partial charge in [-0.3, -0.25) is 4.79 Å². The van der Waals surface area contributed by atoms with Gasteiger partial charge in [0.2, 0.25) is 0 Å². The SMILES string of the molecule is Cc1ccc2[nH]c(=O)c(CN(Cc3ccccc3)C(=S)NCC3CCCO3)cc2c1. The van der Waals surface area contributed by atoms with Gasteiger partial charge in [-0.2, -0.15) is 0 Å². The van der Waals surface area contributed by atoms with E-state index in [0.29, 0.717) is 30.3 Å². The fourth-order valence-corrected chi connectivity index (χ4v) is 4.03. The van der Waals surface area contributed by atoms with E-state index < -0.39 is 0 Å². The van der Waals surface area contributed by atoms with Crippen LogP contribution >= 0.6 is 12.2 Å². The highest BCUT2D eigenvalue weighted by atomic mass is 32.1. The predicted molar refractivity (Wildman–Crippen MR) is 125 cm³/mol. The van der Waals surface area contributed by atoms with Crippen LogP contribution in [-0.2, 0) is 17.8 Å². The number of aromatic nitrogens is 1. The summed E-state index contributed by atoms with van der Waals surface area (Å²) in [4.78, 5) is 17.8. The standard InChI is InChI=1S/C24H27N3O2S/c1-17-9-10-22-19(12-17)13-20(23(28)26-22)16-27(15-18-6-3-2-4-7-18)24(30)25-14-21-8-5-11-29-21/h2-4,6-7,9-10,12-13,21H,5,8,11,14-16H2,1H3,(H,25,30)(H,26,28). The molecule has 5 nitrogen and oxygen atoms in total. The predicted octanol–water partition coefficient (Wildman–Crippen LogP) is 3.89. The maximum Gasteiger partial charge on any atom is 0.253 e. The van der Waals surface area contributed by atoms with Crippen molar-refractivity contribution in [2.75, 3.05) is 13.2 Å². The molecule has 2 heterocycles. The van der Waals surface area contributed by atoms with Crippen molar-refractivity contribution in [1.82, 2.24) is 15.2 Å². The van der Waals surface area contributed by atoms with Gasteiger partial charge < -0.3 is 19.9 Å². The van der Waals surface area contributed by atoms with Crippen molar-refractivity contribution in [3.05, 3.63) is 81.6 Å². The Bertz CT molecular complexity index is 1070. The number of hydrogen-bond acceptors (Lipinski definition) is 3. The molecule has 1 fully saturated rings. The summed E-state index contributed by atoms with van der Waals surface area (Å²) in [5.41, 5.74) is 3.78. The molecular formula is C24H27N3O2S. The maximum atomic E-state index is 12.7. The molecule has 6 heteroatoms. The van der Waals surface area contributed by atoms with Crippen LogP contribution < -0.4 is 10.9 Å². The van der Waals surface area contributed by atoms with E-state index in [1.165, 1.54) is 0 Å². The van der Waals surface area contributed by atoms with Crippen molar-refractivity contribution < 1.29 is 4.74 Å². The average molecular weight is 422 g/mol. The molecule has 30 heavy (non-hydrogen) atoms. The Morgan fingerprint density at radius 2 is 2.03 bits per heavy atom. The van der Waals surface area contributed by atoms with E-state index in [1.54, 1.807) is 0 Å². The first-order chi connectivity index (χ1) is 14.6. The number of aromatic amines is 1. The number of fused-ring (bicyclic) bond motifs is 1. The summed E-state index contributed by atoms with van der Waals surface area (Å²) in [6.07, 6.45) is 2.35. The minimum atomic E-state index is -0.0775. The Morgan fingerprint density at radius 1 is 1.20 bits per heavy atom. The molecule has 1 unspecified atom stereocenters. The lowest BCUT2D eigenvalue weighted by Gasteiger charge is -2.27. The third-order valence-corrected chi connectivity index (χ3v) is 5.85. The lowest BCUT2D eigenvalue weighted by Crippen LogP contribution is -2.42. The van der Waals surface area contributed by atoms with Crippen molar-refractivity contribution in [3.8, 4) is 0 Å². The van der Waals surface area contributed by atoms with Crippen LogP contribution in [0.15, 0.2) is 59.4 Å². The topological polar surface area (TPSA) is 57.4 Å². The molecule has 1 aliphatic heterocycles. The first-order valence-corrected chi connectivity index (χ1v) is 10.8. The molecule has 0 aliphatic carbocycles. The molecule has 1 aromatic heterocycles. The van der Waals surface area contributed by atoms with E-state index in [0.717, 1.165) is 41.5 Å². The van der Waals surface area contributed by atoms with Crippen LogP contribution in [0.4, 0.5) is 0 Å². The number of benzene rings is 2. The van der Waals surface area contributed by atoms with Crippen molar-refractivity contribution in [1.29, 1.82) is 0 Å². The van der Waals surface area contributed by atoms with E-state index in [1.807, 2.05) is 41.3 Å². The second-order valence-electron chi connectivity index (χ2n) is 7.88. The molecule has 1 atom stereocenters. The van der Waals surface area contributed by atoms with Crippen LogP contribution in [0.25, 0.3) is 10.9 Å². The van der Waals surface area contributed by atoms with Gasteiger partial charge in [0, 0.05) is 30.8 Å².